The van der Waals surface area contributed by atoms with E-state index in [0.717, 1.165) is 31.9 Å². The van der Waals surface area contributed by atoms with Crippen LogP contribution in [0.15, 0.2) is 36.5 Å². The number of rotatable bonds is 5. The Labute approximate surface area is 147 Å². The highest BCUT2D eigenvalue weighted by Crippen LogP contribution is 2.27. The van der Waals surface area contributed by atoms with Crippen molar-refractivity contribution in [1.29, 1.82) is 0 Å². The number of aromatic nitrogens is 1. The number of benzene rings is 1. The molecular formula is C18H22N4O3. The zero-order valence-corrected chi connectivity index (χ0v) is 14.4. The number of carbonyl (C=O) groups excluding carboxylic acids is 1. The maximum Gasteiger partial charge on any atom is 0.256 e. The molecular weight excluding hydrogens is 320 g/mol. The predicted octanol–water partition coefficient (Wildman–Crippen LogP) is 1.76. The van der Waals surface area contributed by atoms with Crippen LogP contribution in [-0.4, -0.2) is 51.3 Å². The first kappa shape index (κ1) is 17.0. The molecule has 7 heteroatoms. The second-order valence-electron chi connectivity index (χ2n) is 5.66. The number of hydrogen-bond donors (Lipinski definition) is 2. The molecule has 0 radical (unpaired) electrons. The number of anilines is 2. The average Bonchev–Trinajstić information content (AvgIpc) is 2.68. The summed E-state index contributed by atoms with van der Waals surface area (Å²) in [6.07, 6.45) is 1.79. The summed E-state index contributed by atoms with van der Waals surface area (Å²) in [5.74, 6) is 1.36. The van der Waals surface area contributed by atoms with Crippen LogP contribution < -0.4 is 25.0 Å². The number of carbonyl (C=O) groups is 1. The molecule has 2 heterocycles. The van der Waals surface area contributed by atoms with Crippen molar-refractivity contribution >= 4 is 17.4 Å². The zero-order valence-electron chi connectivity index (χ0n) is 14.4. The quantitative estimate of drug-likeness (QED) is 0.862. The minimum absolute atomic E-state index is 0.247. The van der Waals surface area contributed by atoms with E-state index >= 15 is 0 Å². The van der Waals surface area contributed by atoms with Crippen molar-refractivity contribution in [2.75, 3.05) is 50.6 Å². The van der Waals surface area contributed by atoms with Gasteiger partial charge in [-0.2, -0.15) is 0 Å². The Balaban J connectivity index is 1.68. The number of piperazine rings is 1. The van der Waals surface area contributed by atoms with Crippen molar-refractivity contribution in [1.82, 2.24) is 10.3 Å². The van der Waals surface area contributed by atoms with Crippen molar-refractivity contribution in [2.24, 2.45) is 0 Å². The van der Waals surface area contributed by atoms with Gasteiger partial charge in [-0.25, -0.2) is 4.98 Å². The number of ether oxygens (including phenoxy) is 2. The Bertz CT molecular complexity index is 728. The van der Waals surface area contributed by atoms with Gasteiger partial charge < -0.3 is 25.0 Å². The van der Waals surface area contributed by atoms with Crippen molar-refractivity contribution in [3.05, 3.63) is 42.1 Å². The molecule has 0 spiro atoms. The molecule has 1 saturated heterocycles. The van der Waals surface area contributed by atoms with Crippen LogP contribution in [0.2, 0.25) is 0 Å². The number of amides is 1. The summed E-state index contributed by atoms with van der Waals surface area (Å²) in [5.41, 5.74) is 1.54. The van der Waals surface area contributed by atoms with Crippen LogP contribution in [0.5, 0.6) is 11.5 Å². The lowest BCUT2D eigenvalue weighted by atomic mass is 10.2. The van der Waals surface area contributed by atoms with Crippen LogP contribution >= 0.6 is 0 Å². The molecule has 0 unspecified atom stereocenters. The molecule has 2 N–H and O–H groups in total. The zero-order chi connectivity index (χ0) is 17.6. The number of methoxy groups -OCH3 is 2. The Hall–Kier alpha value is -2.80. The molecule has 1 fully saturated rings. The Morgan fingerprint density at radius 1 is 1.12 bits per heavy atom. The summed E-state index contributed by atoms with van der Waals surface area (Å²) in [6.45, 7) is 3.85. The summed E-state index contributed by atoms with van der Waals surface area (Å²) >= 11 is 0. The minimum Gasteiger partial charge on any atom is -0.493 e. The van der Waals surface area contributed by atoms with E-state index in [1.165, 1.54) is 7.11 Å². The molecule has 132 valence electrons. The topological polar surface area (TPSA) is 75.7 Å². The molecule has 0 bridgehead atoms. The average molecular weight is 342 g/mol. The van der Waals surface area contributed by atoms with Gasteiger partial charge in [-0.15, -0.1) is 0 Å². The van der Waals surface area contributed by atoms with Crippen molar-refractivity contribution in [2.45, 2.75) is 0 Å². The number of nitrogens with zero attached hydrogens (tertiary/aromatic N) is 2. The molecule has 25 heavy (non-hydrogen) atoms. The van der Waals surface area contributed by atoms with Gasteiger partial charge in [0.05, 0.1) is 26.1 Å². The fourth-order valence-electron chi connectivity index (χ4n) is 2.74. The monoisotopic (exact) mass is 342 g/mol. The van der Waals surface area contributed by atoms with Crippen LogP contribution in [0.25, 0.3) is 0 Å². The lowest BCUT2D eigenvalue weighted by molar-refractivity contribution is 0.102. The van der Waals surface area contributed by atoms with Crippen molar-refractivity contribution in [3.8, 4) is 11.5 Å². The first-order chi connectivity index (χ1) is 12.2. The molecule has 0 saturated carbocycles. The summed E-state index contributed by atoms with van der Waals surface area (Å²) in [4.78, 5) is 19.0. The summed E-state index contributed by atoms with van der Waals surface area (Å²) in [7, 11) is 3.09. The molecule has 1 aromatic heterocycles. The highest BCUT2D eigenvalue weighted by Gasteiger charge is 2.13. The lowest BCUT2D eigenvalue weighted by Crippen LogP contribution is -2.43. The molecule has 1 aromatic carbocycles. The smallest absolute Gasteiger partial charge is 0.256 e. The fourth-order valence-corrected chi connectivity index (χ4v) is 2.74. The third-order valence-electron chi connectivity index (χ3n) is 4.12. The van der Waals surface area contributed by atoms with Gasteiger partial charge in [-0.3, -0.25) is 4.79 Å². The van der Waals surface area contributed by atoms with Crippen LogP contribution in [-0.2, 0) is 0 Å². The molecule has 1 aliphatic heterocycles. The van der Waals surface area contributed by atoms with Gasteiger partial charge in [0, 0.05) is 31.7 Å². The molecule has 0 atom stereocenters. The van der Waals surface area contributed by atoms with Gasteiger partial charge in [-0.1, -0.05) is 0 Å². The third kappa shape index (κ3) is 4.00. The number of hydrogen-bond acceptors (Lipinski definition) is 6. The van der Waals surface area contributed by atoms with Gasteiger partial charge in [-0.05, 0) is 30.3 Å². The molecule has 2 aromatic rings. The van der Waals surface area contributed by atoms with E-state index in [4.69, 9.17) is 9.47 Å². The highest BCUT2D eigenvalue weighted by molar-refractivity contribution is 6.04. The molecule has 7 nitrogen and oxygen atoms in total. The Morgan fingerprint density at radius 2 is 1.88 bits per heavy atom. The number of nitrogens with one attached hydrogen (secondary N) is 2. The van der Waals surface area contributed by atoms with Gasteiger partial charge in [0.15, 0.2) is 11.5 Å². The molecule has 3 rings (SSSR count). The first-order valence-corrected chi connectivity index (χ1v) is 8.16. The van der Waals surface area contributed by atoms with Crippen molar-refractivity contribution in [3.63, 3.8) is 0 Å². The van der Waals surface area contributed by atoms with E-state index in [9.17, 15) is 4.79 Å². The Morgan fingerprint density at radius 3 is 2.52 bits per heavy atom. The van der Waals surface area contributed by atoms with E-state index in [2.05, 4.69) is 20.5 Å². The molecule has 1 aliphatic rings. The minimum atomic E-state index is -0.247. The van der Waals surface area contributed by atoms with Gasteiger partial charge in [0.1, 0.15) is 5.82 Å². The number of pyridine rings is 1. The van der Waals surface area contributed by atoms with Gasteiger partial charge >= 0.3 is 0 Å². The summed E-state index contributed by atoms with van der Waals surface area (Å²) < 4.78 is 10.4. The summed E-state index contributed by atoms with van der Waals surface area (Å²) in [5, 5.41) is 6.12. The van der Waals surface area contributed by atoms with Crippen LogP contribution in [0.4, 0.5) is 11.5 Å². The predicted molar refractivity (Wildman–Crippen MR) is 96.8 cm³/mol. The SMILES string of the molecule is COc1ccc(C(=O)Nc2ccc(N3CCNCC3)cn2)cc1OC. The maximum absolute atomic E-state index is 12.4. The van der Waals surface area contributed by atoms with E-state index < -0.39 is 0 Å². The van der Waals surface area contributed by atoms with Crippen LogP contribution in [0.1, 0.15) is 10.4 Å². The van der Waals surface area contributed by atoms with E-state index in [-0.39, 0.29) is 5.91 Å². The largest absolute Gasteiger partial charge is 0.493 e. The van der Waals surface area contributed by atoms with Gasteiger partial charge in [0.25, 0.3) is 5.91 Å². The molecule has 1 amide bonds. The normalized spacial score (nSPS) is 14.1. The standard InChI is InChI=1S/C18H22N4O3/c1-24-15-5-3-13(11-16(15)25-2)18(23)21-17-6-4-14(12-20-17)22-9-7-19-8-10-22/h3-6,11-12,19H,7-10H2,1-2H3,(H,20,21,23). The van der Waals surface area contributed by atoms with Crippen LogP contribution in [0, 0.1) is 0 Å². The van der Waals surface area contributed by atoms with E-state index in [1.807, 2.05) is 12.1 Å². The second-order valence-corrected chi connectivity index (χ2v) is 5.66. The van der Waals surface area contributed by atoms with Crippen molar-refractivity contribution < 1.29 is 14.3 Å². The van der Waals surface area contributed by atoms with Crippen LogP contribution in [0.3, 0.4) is 0 Å². The molecule has 0 aliphatic carbocycles. The Kier molecular flexibility index (Phi) is 5.35. The van der Waals surface area contributed by atoms with E-state index in [0.29, 0.717) is 22.9 Å². The lowest BCUT2D eigenvalue weighted by Gasteiger charge is -2.29. The van der Waals surface area contributed by atoms with Gasteiger partial charge in [0.2, 0.25) is 0 Å². The highest BCUT2D eigenvalue weighted by atomic mass is 16.5. The maximum atomic E-state index is 12.4. The second kappa shape index (κ2) is 7.85. The summed E-state index contributed by atoms with van der Waals surface area (Å²) in [6, 6.07) is 8.82. The third-order valence-corrected chi connectivity index (χ3v) is 4.12. The first-order valence-electron chi connectivity index (χ1n) is 8.16. The fraction of sp³-hybridized carbons (Fsp3) is 0.333. The van der Waals surface area contributed by atoms with E-state index in [1.54, 1.807) is 31.5 Å².